The van der Waals surface area contributed by atoms with Crippen LogP contribution < -0.4 is 0 Å². The van der Waals surface area contributed by atoms with Crippen LogP contribution in [0.1, 0.15) is 23.1 Å². The first kappa shape index (κ1) is 12.5. The number of amides is 1. The second-order valence-electron chi connectivity index (χ2n) is 4.68. The normalized spacial score (nSPS) is 23.1. The molecule has 1 N–H and O–H groups in total. The number of carboxylic acids is 1. The lowest BCUT2D eigenvalue weighted by atomic mass is 9.99. The van der Waals surface area contributed by atoms with Crippen molar-refractivity contribution in [2.24, 2.45) is 11.8 Å². The smallest absolute Gasteiger partial charge is 0.308 e. The average Bonchev–Trinajstić information content (AvgIpc) is 2.71. The van der Waals surface area contributed by atoms with Gasteiger partial charge in [-0.2, -0.15) is 0 Å². The van der Waals surface area contributed by atoms with Crippen LogP contribution in [0.3, 0.4) is 0 Å². The van der Waals surface area contributed by atoms with Crippen molar-refractivity contribution in [2.45, 2.75) is 13.8 Å². The highest BCUT2D eigenvalue weighted by atomic mass is 16.4. The van der Waals surface area contributed by atoms with Crippen molar-refractivity contribution in [2.75, 3.05) is 13.1 Å². The summed E-state index contributed by atoms with van der Waals surface area (Å²) in [6.45, 7) is 4.32. The molecule has 0 saturated carbocycles. The van der Waals surface area contributed by atoms with Crippen LogP contribution in [-0.4, -0.2) is 44.9 Å². The fraction of sp³-hybridized carbons (Fsp3) is 0.500. The number of carbonyl (C=O) groups is 2. The van der Waals surface area contributed by atoms with E-state index in [0.29, 0.717) is 6.54 Å². The van der Waals surface area contributed by atoms with Gasteiger partial charge in [-0.3, -0.25) is 14.6 Å². The molecule has 2 unspecified atom stereocenters. The molecule has 18 heavy (non-hydrogen) atoms. The van der Waals surface area contributed by atoms with Crippen molar-refractivity contribution in [3.8, 4) is 0 Å². The lowest BCUT2D eigenvalue weighted by Gasteiger charge is -2.14. The number of carbonyl (C=O) groups excluding carboxylic acids is 1. The molecular formula is C12H15N3O3. The molecule has 1 aliphatic heterocycles. The SMILES string of the molecule is Cc1cnc(C(=O)N2CC(C)C(C(=O)O)C2)cn1. The number of aliphatic carboxylic acids is 1. The van der Waals surface area contributed by atoms with Gasteiger partial charge in [0.25, 0.3) is 5.91 Å². The van der Waals surface area contributed by atoms with E-state index >= 15 is 0 Å². The van der Waals surface area contributed by atoms with Crippen molar-refractivity contribution >= 4 is 11.9 Å². The molecule has 0 radical (unpaired) electrons. The first-order valence-electron chi connectivity index (χ1n) is 5.79. The quantitative estimate of drug-likeness (QED) is 0.828. The van der Waals surface area contributed by atoms with E-state index in [1.165, 1.54) is 17.3 Å². The summed E-state index contributed by atoms with van der Waals surface area (Å²) in [5.41, 5.74) is 1.00. The molecule has 1 amide bonds. The van der Waals surface area contributed by atoms with Gasteiger partial charge in [-0.25, -0.2) is 4.98 Å². The van der Waals surface area contributed by atoms with Crippen LogP contribution in [0.2, 0.25) is 0 Å². The summed E-state index contributed by atoms with van der Waals surface area (Å²) in [5.74, 6) is -1.64. The zero-order chi connectivity index (χ0) is 13.3. The minimum Gasteiger partial charge on any atom is -0.481 e. The van der Waals surface area contributed by atoms with Crippen LogP contribution in [-0.2, 0) is 4.79 Å². The van der Waals surface area contributed by atoms with Crippen LogP contribution in [0.15, 0.2) is 12.4 Å². The van der Waals surface area contributed by atoms with Crippen LogP contribution >= 0.6 is 0 Å². The monoisotopic (exact) mass is 249 g/mol. The maximum Gasteiger partial charge on any atom is 0.308 e. The number of hydrogen-bond acceptors (Lipinski definition) is 4. The maximum absolute atomic E-state index is 12.1. The van der Waals surface area contributed by atoms with E-state index in [-0.39, 0.29) is 24.1 Å². The molecule has 6 heteroatoms. The van der Waals surface area contributed by atoms with E-state index in [4.69, 9.17) is 5.11 Å². The first-order chi connectivity index (χ1) is 8.49. The van der Waals surface area contributed by atoms with E-state index < -0.39 is 11.9 Å². The molecule has 2 atom stereocenters. The number of nitrogens with zero attached hydrogens (tertiary/aromatic N) is 3. The van der Waals surface area contributed by atoms with Gasteiger partial charge in [0.1, 0.15) is 5.69 Å². The van der Waals surface area contributed by atoms with Crippen molar-refractivity contribution in [1.82, 2.24) is 14.9 Å². The summed E-state index contributed by atoms with van der Waals surface area (Å²) in [4.78, 5) is 32.7. The van der Waals surface area contributed by atoms with E-state index in [1.54, 1.807) is 6.92 Å². The lowest BCUT2D eigenvalue weighted by molar-refractivity contribution is -0.142. The molecule has 1 fully saturated rings. The second kappa shape index (κ2) is 4.72. The molecule has 0 spiro atoms. The van der Waals surface area contributed by atoms with Gasteiger partial charge in [0.15, 0.2) is 0 Å². The number of carboxylic acid groups (broad SMARTS) is 1. The molecule has 2 heterocycles. The third-order valence-electron chi connectivity index (χ3n) is 3.22. The van der Waals surface area contributed by atoms with Gasteiger partial charge < -0.3 is 10.0 Å². The molecular weight excluding hydrogens is 234 g/mol. The van der Waals surface area contributed by atoms with Crippen molar-refractivity contribution < 1.29 is 14.7 Å². The Hall–Kier alpha value is -1.98. The molecule has 96 valence electrons. The van der Waals surface area contributed by atoms with Gasteiger partial charge in [0.05, 0.1) is 17.8 Å². The Morgan fingerprint density at radius 1 is 1.33 bits per heavy atom. The number of hydrogen-bond donors (Lipinski definition) is 1. The highest BCUT2D eigenvalue weighted by molar-refractivity contribution is 5.92. The van der Waals surface area contributed by atoms with E-state index in [9.17, 15) is 9.59 Å². The average molecular weight is 249 g/mol. The fourth-order valence-corrected chi connectivity index (χ4v) is 2.12. The number of aromatic nitrogens is 2. The Balaban J connectivity index is 2.12. The highest BCUT2D eigenvalue weighted by Crippen LogP contribution is 2.24. The molecule has 1 saturated heterocycles. The van der Waals surface area contributed by atoms with E-state index in [1.807, 2.05) is 6.92 Å². The van der Waals surface area contributed by atoms with Gasteiger partial charge in [-0.05, 0) is 12.8 Å². The molecule has 0 aromatic carbocycles. The molecule has 6 nitrogen and oxygen atoms in total. The Morgan fingerprint density at radius 2 is 2.06 bits per heavy atom. The number of aryl methyl sites for hydroxylation is 1. The van der Waals surface area contributed by atoms with Crippen molar-refractivity contribution in [3.05, 3.63) is 23.8 Å². The number of rotatable bonds is 2. The minimum absolute atomic E-state index is 0.0372. The maximum atomic E-state index is 12.1. The Morgan fingerprint density at radius 3 is 2.56 bits per heavy atom. The Bertz CT molecular complexity index is 472. The third kappa shape index (κ3) is 2.32. The van der Waals surface area contributed by atoms with Gasteiger partial charge in [-0.15, -0.1) is 0 Å². The standard InChI is InChI=1S/C12H15N3O3/c1-7-5-15(6-9(7)12(17)18)11(16)10-4-13-8(2)3-14-10/h3-4,7,9H,5-6H2,1-2H3,(H,17,18). The summed E-state index contributed by atoms with van der Waals surface area (Å²) in [5, 5.41) is 9.02. The lowest BCUT2D eigenvalue weighted by Crippen LogP contribution is -2.30. The summed E-state index contributed by atoms with van der Waals surface area (Å²) < 4.78 is 0. The minimum atomic E-state index is -0.854. The van der Waals surface area contributed by atoms with Crippen LogP contribution in [0, 0.1) is 18.8 Å². The highest BCUT2D eigenvalue weighted by Gasteiger charge is 2.37. The first-order valence-corrected chi connectivity index (χ1v) is 5.79. The van der Waals surface area contributed by atoms with Crippen molar-refractivity contribution in [1.29, 1.82) is 0 Å². The summed E-state index contributed by atoms with van der Waals surface area (Å²) in [6, 6.07) is 0. The van der Waals surface area contributed by atoms with Gasteiger partial charge >= 0.3 is 5.97 Å². The third-order valence-corrected chi connectivity index (χ3v) is 3.22. The summed E-state index contributed by atoms with van der Waals surface area (Å²) in [6.07, 6.45) is 2.96. The summed E-state index contributed by atoms with van der Waals surface area (Å²) >= 11 is 0. The molecule has 1 aliphatic rings. The van der Waals surface area contributed by atoms with Crippen LogP contribution in [0.4, 0.5) is 0 Å². The van der Waals surface area contributed by atoms with Crippen molar-refractivity contribution in [3.63, 3.8) is 0 Å². The van der Waals surface area contributed by atoms with Gasteiger partial charge in [0, 0.05) is 19.3 Å². The second-order valence-corrected chi connectivity index (χ2v) is 4.68. The van der Waals surface area contributed by atoms with Crippen LogP contribution in [0.5, 0.6) is 0 Å². The van der Waals surface area contributed by atoms with Crippen LogP contribution in [0.25, 0.3) is 0 Å². The number of likely N-dealkylation sites (tertiary alicyclic amines) is 1. The summed E-state index contributed by atoms with van der Waals surface area (Å²) in [7, 11) is 0. The Kier molecular flexibility index (Phi) is 3.27. The molecule has 1 aromatic heterocycles. The molecule has 2 rings (SSSR count). The van der Waals surface area contributed by atoms with Gasteiger partial charge in [0.2, 0.25) is 0 Å². The zero-order valence-corrected chi connectivity index (χ0v) is 10.3. The molecule has 0 bridgehead atoms. The largest absolute Gasteiger partial charge is 0.481 e. The zero-order valence-electron chi connectivity index (χ0n) is 10.3. The topological polar surface area (TPSA) is 83.4 Å². The molecule has 1 aromatic rings. The van der Waals surface area contributed by atoms with E-state index in [2.05, 4.69) is 9.97 Å². The fourth-order valence-electron chi connectivity index (χ4n) is 2.12. The van der Waals surface area contributed by atoms with Gasteiger partial charge in [-0.1, -0.05) is 6.92 Å². The molecule has 0 aliphatic carbocycles. The van der Waals surface area contributed by atoms with E-state index in [0.717, 1.165) is 5.69 Å². The Labute approximate surface area is 105 Å². The predicted molar refractivity (Wildman–Crippen MR) is 63.0 cm³/mol. The predicted octanol–water partition coefficient (Wildman–Crippen LogP) is 0.578.